The fourth-order valence-electron chi connectivity index (χ4n) is 5.50. The number of alkyl halides is 3. The van der Waals surface area contributed by atoms with Gasteiger partial charge in [0.25, 0.3) is 5.91 Å². The van der Waals surface area contributed by atoms with Crippen LogP contribution >= 0.6 is 0 Å². The molecule has 1 aliphatic heterocycles. The molecule has 2 amide bonds. The average molecular weight is 557 g/mol. The first-order chi connectivity index (χ1) is 19.0. The van der Waals surface area contributed by atoms with E-state index in [1.54, 1.807) is 29.2 Å². The van der Waals surface area contributed by atoms with Crippen molar-refractivity contribution in [1.82, 2.24) is 25.1 Å². The summed E-state index contributed by atoms with van der Waals surface area (Å²) in [5, 5.41) is 5.61. The van der Waals surface area contributed by atoms with Crippen LogP contribution in [0.15, 0.2) is 30.5 Å². The number of carbonyl (C=O) groups is 2. The van der Waals surface area contributed by atoms with Crippen LogP contribution in [0.2, 0.25) is 0 Å². The Morgan fingerprint density at radius 3 is 2.50 bits per heavy atom. The first kappa shape index (κ1) is 29.3. The van der Waals surface area contributed by atoms with Crippen LogP contribution in [0, 0.1) is 24.2 Å². The van der Waals surface area contributed by atoms with Gasteiger partial charge in [0.1, 0.15) is 0 Å². The predicted octanol–water partition coefficient (Wildman–Crippen LogP) is 4.11. The molecule has 1 aromatic carbocycles. The van der Waals surface area contributed by atoms with Crippen molar-refractivity contribution in [3.8, 4) is 12.3 Å². The van der Waals surface area contributed by atoms with Crippen molar-refractivity contribution in [2.24, 2.45) is 11.8 Å². The van der Waals surface area contributed by atoms with E-state index in [0.717, 1.165) is 32.1 Å². The molecule has 0 radical (unpaired) electrons. The Morgan fingerprint density at radius 1 is 1.15 bits per heavy atom. The zero-order valence-electron chi connectivity index (χ0n) is 22.8. The van der Waals surface area contributed by atoms with E-state index < -0.39 is 11.7 Å². The summed E-state index contributed by atoms with van der Waals surface area (Å²) in [6.45, 7) is 2.02. The number of rotatable bonds is 8. The second-order valence-corrected chi connectivity index (χ2v) is 10.7. The number of nitrogens with zero attached hydrogens (tertiary/aromatic N) is 4. The molecule has 4 rings (SSSR count). The smallest absolute Gasteiger partial charge is 0.345 e. The number of halogens is 3. The van der Waals surface area contributed by atoms with Gasteiger partial charge in [-0.1, -0.05) is 5.92 Å². The van der Waals surface area contributed by atoms with Gasteiger partial charge in [-0.15, -0.1) is 6.42 Å². The lowest BCUT2D eigenvalue weighted by Gasteiger charge is -2.35. The minimum Gasteiger partial charge on any atom is -0.345 e. The minimum atomic E-state index is -4.60. The molecular weight excluding hydrogens is 521 g/mol. The van der Waals surface area contributed by atoms with Gasteiger partial charge in [-0.25, -0.2) is 9.97 Å². The zero-order chi connectivity index (χ0) is 28.9. The maximum absolute atomic E-state index is 13.7. The van der Waals surface area contributed by atoms with Crippen LogP contribution in [0.3, 0.4) is 0 Å². The Bertz CT molecular complexity index is 1240. The molecule has 1 saturated carbocycles. The number of amides is 2. The number of hydrogen-bond donors (Lipinski definition) is 2. The number of piperidine rings is 1. The highest BCUT2D eigenvalue weighted by Crippen LogP contribution is 2.37. The molecule has 1 aliphatic carbocycles. The van der Waals surface area contributed by atoms with Crippen LogP contribution in [0.1, 0.15) is 53.7 Å². The summed E-state index contributed by atoms with van der Waals surface area (Å²) in [5.41, 5.74) is 0.0980. The Kier molecular flexibility index (Phi) is 9.30. The lowest BCUT2D eigenvalue weighted by atomic mass is 9.97. The lowest BCUT2D eigenvalue weighted by molar-refractivity contribution is -0.138. The van der Waals surface area contributed by atoms with Gasteiger partial charge in [0.05, 0.1) is 17.8 Å². The molecule has 0 bridgehead atoms. The molecule has 1 aromatic heterocycles. The summed E-state index contributed by atoms with van der Waals surface area (Å²) in [7, 11) is 3.89. The van der Waals surface area contributed by atoms with Crippen molar-refractivity contribution in [2.45, 2.75) is 50.7 Å². The molecule has 11 heteroatoms. The van der Waals surface area contributed by atoms with E-state index in [1.807, 2.05) is 7.05 Å². The van der Waals surface area contributed by atoms with Crippen LogP contribution < -0.4 is 10.6 Å². The van der Waals surface area contributed by atoms with Gasteiger partial charge >= 0.3 is 6.18 Å². The van der Waals surface area contributed by atoms with Crippen LogP contribution in [-0.2, 0) is 17.4 Å². The summed E-state index contributed by atoms with van der Waals surface area (Å²) < 4.78 is 41.2. The van der Waals surface area contributed by atoms with E-state index in [9.17, 15) is 22.8 Å². The van der Waals surface area contributed by atoms with Gasteiger partial charge in [-0.3, -0.25) is 9.59 Å². The maximum atomic E-state index is 13.7. The quantitative estimate of drug-likeness (QED) is 0.476. The fraction of sp³-hybridized carbons (Fsp3) is 0.517. The van der Waals surface area contributed by atoms with Crippen LogP contribution in [0.5, 0.6) is 0 Å². The highest BCUT2D eigenvalue weighted by atomic mass is 19.4. The van der Waals surface area contributed by atoms with E-state index in [2.05, 4.69) is 38.5 Å². The van der Waals surface area contributed by atoms with E-state index in [4.69, 9.17) is 6.42 Å². The molecule has 0 unspecified atom stereocenters. The molecule has 2 aliphatic rings. The normalized spacial score (nSPS) is 20.1. The molecular formula is C29H35F3N6O2. The predicted molar refractivity (Wildman–Crippen MR) is 146 cm³/mol. The molecule has 40 heavy (non-hydrogen) atoms. The largest absolute Gasteiger partial charge is 0.419 e. The number of aromatic nitrogens is 2. The van der Waals surface area contributed by atoms with Gasteiger partial charge < -0.3 is 20.4 Å². The van der Waals surface area contributed by atoms with E-state index in [1.165, 1.54) is 0 Å². The number of carbonyl (C=O) groups excluding carboxylic acids is 2. The molecule has 214 valence electrons. The van der Waals surface area contributed by atoms with E-state index in [0.29, 0.717) is 30.5 Å². The second kappa shape index (κ2) is 12.7. The fourth-order valence-corrected chi connectivity index (χ4v) is 5.50. The van der Waals surface area contributed by atoms with Crippen molar-refractivity contribution in [2.75, 3.05) is 39.0 Å². The molecule has 2 N–H and O–H groups in total. The summed E-state index contributed by atoms with van der Waals surface area (Å²) in [5.74, 6) is 1.76. The second-order valence-electron chi connectivity index (χ2n) is 10.7. The van der Waals surface area contributed by atoms with Crippen LogP contribution in [-0.4, -0.2) is 71.4 Å². The average Bonchev–Trinajstić information content (AvgIpc) is 3.40. The highest BCUT2D eigenvalue weighted by Gasteiger charge is 2.37. The van der Waals surface area contributed by atoms with Crippen molar-refractivity contribution in [1.29, 1.82) is 0 Å². The van der Waals surface area contributed by atoms with Gasteiger partial charge in [0, 0.05) is 36.5 Å². The van der Waals surface area contributed by atoms with Crippen LogP contribution in [0.25, 0.3) is 0 Å². The summed E-state index contributed by atoms with van der Waals surface area (Å²) >= 11 is 0. The lowest BCUT2D eigenvalue weighted by Crippen LogP contribution is -2.44. The van der Waals surface area contributed by atoms with Gasteiger partial charge in [0.2, 0.25) is 11.9 Å². The van der Waals surface area contributed by atoms with Crippen molar-refractivity contribution < 1.29 is 22.8 Å². The number of benzene rings is 1. The first-order valence-electron chi connectivity index (χ1n) is 13.5. The number of terminal acetylenes is 1. The van der Waals surface area contributed by atoms with Gasteiger partial charge in [-0.05, 0) is 88.8 Å². The maximum Gasteiger partial charge on any atom is 0.419 e. The topological polar surface area (TPSA) is 90.5 Å². The molecule has 2 fully saturated rings. The zero-order valence-corrected chi connectivity index (χ0v) is 22.8. The summed E-state index contributed by atoms with van der Waals surface area (Å²) in [6, 6.07) is 6.93. The number of nitrogens with one attached hydrogen (secondary N) is 2. The standard InChI is InChI=1S/C29H35F3N6O2/c1-4-13-33-26(39)21-6-5-19(16-21)17-25-24(29(30,31)32)18-34-28(36-25)35-22-9-7-20(8-10-22)27(40)38(3)23-11-14-37(2)15-12-23/h1,7-10,18-19,21,23H,5-6,11-17H2,2-3H3,(H,33,39)(H,34,35,36)/t19-,21+/m1/s1. The number of anilines is 2. The minimum absolute atomic E-state index is 0.0341. The number of hydrogen-bond acceptors (Lipinski definition) is 6. The van der Waals surface area contributed by atoms with Crippen molar-refractivity contribution in [3.05, 3.63) is 47.3 Å². The monoisotopic (exact) mass is 556 g/mol. The van der Waals surface area contributed by atoms with Gasteiger partial charge in [-0.2, -0.15) is 13.2 Å². The highest BCUT2D eigenvalue weighted by molar-refractivity contribution is 5.94. The molecule has 8 nitrogen and oxygen atoms in total. The van der Waals surface area contributed by atoms with Crippen molar-refractivity contribution >= 4 is 23.5 Å². The molecule has 2 aromatic rings. The van der Waals surface area contributed by atoms with Crippen LogP contribution in [0.4, 0.5) is 24.8 Å². The molecule has 1 saturated heterocycles. The SMILES string of the molecule is C#CCNC(=O)[C@H]1CC[C@@H](Cc2nc(Nc3ccc(C(=O)N(C)C4CCN(C)CC4)cc3)ncc2C(F)(F)F)C1. The summed E-state index contributed by atoms with van der Waals surface area (Å²) in [6.07, 6.45) is 5.01. The molecule has 0 spiro atoms. The Morgan fingerprint density at radius 2 is 1.85 bits per heavy atom. The first-order valence-corrected chi connectivity index (χ1v) is 13.5. The Labute approximate surface area is 232 Å². The molecule has 2 heterocycles. The van der Waals surface area contributed by atoms with E-state index >= 15 is 0 Å². The molecule has 2 atom stereocenters. The van der Waals surface area contributed by atoms with Crippen molar-refractivity contribution in [3.63, 3.8) is 0 Å². The number of likely N-dealkylation sites (tertiary alicyclic amines) is 1. The van der Waals surface area contributed by atoms with E-state index in [-0.39, 0.29) is 54.3 Å². The van der Waals surface area contributed by atoms with Gasteiger partial charge in [0.15, 0.2) is 0 Å². The summed E-state index contributed by atoms with van der Waals surface area (Å²) in [4.78, 5) is 37.4. The Hall–Kier alpha value is -3.65. The third kappa shape index (κ3) is 7.30. The third-order valence-electron chi connectivity index (χ3n) is 7.88. The third-order valence-corrected chi connectivity index (χ3v) is 7.88. The Balaban J connectivity index is 1.42.